The monoisotopic (exact) mass is 286 g/mol. The summed E-state index contributed by atoms with van der Waals surface area (Å²) in [6.07, 6.45) is 0. The SMILES string of the molecule is COc1cccc(C(=O)Nc2ccc(N)cc2C(=O)O)c1. The van der Waals surface area contributed by atoms with Gasteiger partial charge >= 0.3 is 5.97 Å². The molecule has 0 bridgehead atoms. The molecule has 0 fully saturated rings. The first-order valence-corrected chi connectivity index (χ1v) is 6.09. The molecule has 6 nitrogen and oxygen atoms in total. The van der Waals surface area contributed by atoms with E-state index in [1.165, 1.54) is 25.3 Å². The van der Waals surface area contributed by atoms with Gasteiger partial charge in [-0.2, -0.15) is 0 Å². The topological polar surface area (TPSA) is 102 Å². The smallest absolute Gasteiger partial charge is 0.337 e. The predicted molar refractivity (Wildman–Crippen MR) is 78.8 cm³/mol. The zero-order valence-electron chi connectivity index (χ0n) is 11.3. The standard InChI is InChI=1S/C15H14N2O4/c1-21-11-4-2-3-9(7-11)14(18)17-13-6-5-10(16)8-12(13)15(19)20/h2-8H,16H2,1H3,(H,17,18)(H,19,20). The average molecular weight is 286 g/mol. The van der Waals surface area contributed by atoms with E-state index in [1.54, 1.807) is 24.3 Å². The van der Waals surface area contributed by atoms with Gasteiger partial charge in [-0.05, 0) is 36.4 Å². The van der Waals surface area contributed by atoms with E-state index in [0.717, 1.165) is 0 Å². The highest BCUT2D eigenvalue weighted by Crippen LogP contribution is 2.20. The molecule has 0 saturated carbocycles. The number of hydrogen-bond donors (Lipinski definition) is 3. The molecule has 0 aliphatic rings. The lowest BCUT2D eigenvalue weighted by molar-refractivity contribution is 0.0698. The normalized spacial score (nSPS) is 9.95. The van der Waals surface area contributed by atoms with Gasteiger partial charge in [-0.25, -0.2) is 4.79 Å². The van der Waals surface area contributed by atoms with Gasteiger partial charge < -0.3 is 20.9 Å². The fourth-order valence-corrected chi connectivity index (χ4v) is 1.81. The van der Waals surface area contributed by atoms with Gasteiger partial charge in [0.2, 0.25) is 0 Å². The van der Waals surface area contributed by atoms with Gasteiger partial charge in [0.1, 0.15) is 5.75 Å². The number of carboxylic acid groups (broad SMARTS) is 1. The molecule has 0 radical (unpaired) electrons. The molecule has 0 atom stereocenters. The van der Waals surface area contributed by atoms with E-state index in [2.05, 4.69) is 5.32 Å². The van der Waals surface area contributed by atoms with Crippen molar-refractivity contribution in [2.75, 3.05) is 18.2 Å². The second-order valence-electron chi connectivity index (χ2n) is 4.30. The van der Waals surface area contributed by atoms with Crippen molar-refractivity contribution in [3.63, 3.8) is 0 Å². The second-order valence-corrected chi connectivity index (χ2v) is 4.30. The number of carbonyl (C=O) groups excluding carboxylic acids is 1. The van der Waals surface area contributed by atoms with Gasteiger partial charge in [-0.1, -0.05) is 6.07 Å². The number of anilines is 2. The van der Waals surface area contributed by atoms with Crippen LogP contribution < -0.4 is 15.8 Å². The Hall–Kier alpha value is -3.02. The van der Waals surface area contributed by atoms with Crippen molar-refractivity contribution in [3.8, 4) is 5.75 Å². The molecule has 21 heavy (non-hydrogen) atoms. The Kier molecular flexibility index (Phi) is 4.08. The summed E-state index contributed by atoms with van der Waals surface area (Å²) < 4.78 is 5.04. The summed E-state index contributed by atoms with van der Waals surface area (Å²) in [5.41, 5.74) is 6.35. The maximum absolute atomic E-state index is 12.2. The third-order valence-corrected chi connectivity index (χ3v) is 2.85. The fourth-order valence-electron chi connectivity index (χ4n) is 1.81. The molecule has 6 heteroatoms. The van der Waals surface area contributed by atoms with Crippen LogP contribution in [0.25, 0.3) is 0 Å². The minimum absolute atomic E-state index is 0.0637. The molecule has 108 valence electrons. The minimum Gasteiger partial charge on any atom is -0.497 e. The van der Waals surface area contributed by atoms with Crippen molar-refractivity contribution in [1.82, 2.24) is 0 Å². The lowest BCUT2D eigenvalue weighted by Gasteiger charge is -2.10. The van der Waals surface area contributed by atoms with E-state index in [4.69, 9.17) is 15.6 Å². The number of nitrogens with one attached hydrogen (secondary N) is 1. The number of amides is 1. The van der Waals surface area contributed by atoms with Crippen LogP contribution in [0.3, 0.4) is 0 Å². The van der Waals surface area contributed by atoms with E-state index in [1.807, 2.05) is 0 Å². The number of methoxy groups -OCH3 is 1. The number of carbonyl (C=O) groups is 2. The Labute approximate surface area is 121 Å². The second kappa shape index (κ2) is 5.96. The van der Waals surface area contributed by atoms with E-state index in [0.29, 0.717) is 17.0 Å². The molecule has 2 aromatic carbocycles. The number of aromatic carboxylic acids is 1. The van der Waals surface area contributed by atoms with Gasteiger partial charge in [0.05, 0.1) is 18.4 Å². The average Bonchev–Trinajstić information content (AvgIpc) is 2.48. The summed E-state index contributed by atoms with van der Waals surface area (Å²) in [5.74, 6) is -1.05. The molecule has 2 aromatic rings. The number of hydrogen-bond acceptors (Lipinski definition) is 4. The van der Waals surface area contributed by atoms with Crippen LogP contribution in [0.5, 0.6) is 5.75 Å². The van der Waals surface area contributed by atoms with Crippen LogP contribution in [0.4, 0.5) is 11.4 Å². The third kappa shape index (κ3) is 3.30. The minimum atomic E-state index is -1.16. The van der Waals surface area contributed by atoms with Crippen molar-refractivity contribution >= 4 is 23.3 Å². The van der Waals surface area contributed by atoms with Gasteiger partial charge in [-0.15, -0.1) is 0 Å². The molecular formula is C15H14N2O4. The van der Waals surface area contributed by atoms with E-state index in [9.17, 15) is 9.59 Å². The molecule has 1 amide bonds. The van der Waals surface area contributed by atoms with Crippen LogP contribution in [-0.2, 0) is 0 Å². The highest BCUT2D eigenvalue weighted by molar-refractivity contribution is 6.08. The Bertz CT molecular complexity index is 698. The van der Waals surface area contributed by atoms with Crippen LogP contribution in [0.1, 0.15) is 20.7 Å². The largest absolute Gasteiger partial charge is 0.497 e. The first kappa shape index (κ1) is 14.4. The van der Waals surface area contributed by atoms with Crippen LogP contribution in [0.2, 0.25) is 0 Å². The number of nitrogens with two attached hydrogens (primary N) is 1. The number of ether oxygens (including phenoxy) is 1. The summed E-state index contributed by atoms with van der Waals surface area (Å²) in [7, 11) is 1.50. The Morgan fingerprint density at radius 3 is 2.62 bits per heavy atom. The molecule has 0 aliphatic carbocycles. The first-order valence-electron chi connectivity index (χ1n) is 6.09. The lowest BCUT2D eigenvalue weighted by atomic mass is 10.1. The van der Waals surface area contributed by atoms with E-state index < -0.39 is 11.9 Å². The summed E-state index contributed by atoms with van der Waals surface area (Å²) in [4.78, 5) is 23.3. The molecule has 0 aromatic heterocycles. The molecule has 4 N–H and O–H groups in total. The molecule has 0 spiro atoms. The predicted octanol–water partition coefficient (Wildman–Crippen LogP) is 2.23. The number of rotatable bonds is 4. The molecule has 0 heterocycles. The number of nitrogen functional groups attached to an aromatic ring is 1. The van der Waals surface area contributed by atoms with E-state index in [-0.39, 0.29) is 11.3 Å². The molecule has 0 saturated heterocycles. The maximum atomic E-state index is 12.2. The molecule has 0 unspecified atom stereocenters. The van der Waals surface area contributed by atoms with Gasteiger partial charge in [-0.3, -0.25) is 4.79 Å². The van der Waals surface area contributed by atoms with Crippen LogP contribution >= 0.6 is 0 Å². The quantitative estimate of drug-likeness (QED) is 0.748. The van der Waals surface area contributed by atoms with Gasteiger partial charge in [0, 0.05) is 11.3 Å². The van der Waals surface area contributed by atoms with Gasteiger partial charge in [0.25, 0.3) is 5.91 Å². The highest BCUT2D eigenvalue weighted by atomic mass is 16.5. The summed E-state index contributed by atoms with van der Waals surface area (Å²) in [6.45, 7) is 0. The van der Waals surface area contributed by atoms with Crippen molar-refractivity contribution in [1.29, 1.82) is 0 Å². The molecule has 2 rings (SSSR count). The Morgan fingerprint density at radius 1 is 1.19 bits per heavy atom. The summed E-state index contributed by atoms with van der Waals surface area (Å²) in [6, 6.07) is 10.8. The number of benzene rings is 2. The Morgan fingerprint density at radius 2 is 1.95 bits per heavy atom. The molecular weight excluding hydrogens is 272 g/mol. The fraction of sp³-hybridized carbons (Fsp3) is 0.0667. The number of carboxylic acids is 1. The maximum Gasteiger partial charge on any atom is 0.337 e. The summed E-state index contributed by atoms with van der Waals surface area (Å²) >= 11 is 0. The summed E-state index contributed by atoms with van der Waals surface area (Å²) in [5, 5.41) is 11.7. The third-order valence-electron chi connectivity index (χ3n) is 2.85. The van der Waals surface area contributed by atoms with Crippen LogP contribution in [-0.4, -0.2) is 24.1 Å². The first-order chi connectivity index (χ1) is 10.0. The van der Waals surface area contributed by atoms with Gasteiger partial charge in [0.15, 0.2) is 0 Å². The van der Waals surface area contributed by atoms with E-state index >= 15 is 0 Å². The zero-order valence-corrected chi connectivity index (χ0v) is 11.3. The molecule has 0 aliphatic heterocycles. The Balaban J connectivity index is 2.29. The van der Waals surface area contributed by atoms with Crippen molar-refractivity contribution in [2.45, 2.75) is 0 Å². The van der Waals surface area contributed by atoms with Crippen molar-refractivity contribution in [3.05, 3.63) is 53.6 Å². The van der Waals surface area contributed by atoms with Crippen molar-refractivity contribution in [2.24, 2.45) is 0 Å². The van der Waals surface area contributed by atoms with Crippen LogP contribution in [0.15, 0.2) is 42.5 Å². The lowest BCUT2D eigenvalue weighted by Crippen LogP contribution is -2.15. The highest BCUT2D eigenvalue weighted by Gasteiger charge is 2.14. The zero-order chi connectivity index (χ0) is 15.4. The van der Waals surface area contributed by atoms with Crippen molar-refractivity contribution < 1.29 is 19.4 Å². The van der Waals surface area contributed by atoms with Crippen LogP contribution in [0, 0.1) is 0 Å².